The summed E-state index contributed by atoms with van der Waals surface area (Å²) in [5.74, 6) is 1.70. The van der Waals surface area contributed by atoms with Gasteiger partial charge in [-0.15, -0.1) is 0 Å². The maximum Gasteiger partial charge on any atom is 0.143 e. The average Bonchev–Trinajstić information content (AvgIpc) is 3.02. The molecule has 0 bridgehead atoms. The van der Waals surface area contributed by atoms with E-state index in [4.69, 9.17) is 4.74 Å². The summed E-state index contributed by atoms with van der Waals surface area (Å²) < 4.78 is 6.85. The van der Waals surface area contributed by atoms with Gasteiger partial charge in [0.2, 0.25) is 0 Å². The van der Waals surface area contributed by atoms with Crippen LogP contribution >= 0.6 is 0 Å². The van der Waals surface area contributed by atoms with E-state index < -0.39 is 0 Å². The number of fused-ring (bicyclic) bond motifs is 2. The maximum absolute atomic E-state index is 6.85. The highest BCUT2D eigenvalue weighted by atomic mass is 16.5. The van der Waals surface area contributed by atoms with Crippen molar-refractivity contribution in [3.05, 3.63) is 158 Å². The van der Waals surface area contributed by atoms with Crippen molar-refractivity contribution >= 4 is 21.5 Å². The highest BCUT2D eigenvalue weighted by Crippen LogP contribution is 2.50. The summed E-state index contributed by atoms with van der Waals surface area (Å²) in [6.45, 7) is 0. The van der Waals surface area contributed by atoms with E-state index in [0.717, 1.165) is 27.8 Å². The predicted molar refractivity (Wildman–Crippen MR) is 164 cm³/mol. The second kappa shape index (κ2) is 9.96. The number of hydrogen-bond acceptors (Lipinski definition) is 1. The summed E-state index contributed by atoms with van der Waals surface area (Å²) in [7, 11) is 0. The van der Waals surface area contributed by atoms with E-state index in [2.05, 4.69) is 127 Å². The second-order valence-corrected chi connectivity index (χ2v) is 9.67. The van der Waals surface area contributed by atoms with E-state index in [9.17, 15) is 0 Å². The first-order valence-electron chi connectivity index (χ1n) is 13.3. The lowest BCUT2D eigenvalue weighted by Gasteiger charge is -2.22. The molecule has 0 saturated heterocycles. The van der Waals surface area contributed by atoms with E-state index in [-0.39, 0.29) is 0 Å². The fourth-order valence-electron chi connectivity index (χ4n) is 5.62. The summed E-state index contributed by atoms with van der Waals surface area (Å²) >= 11 is 0. The van der Waals surface area contributed by atoms with Gasteiger partial charge in [0.1, 0.15) is 11.5 Å². The highest BCUT2D eigenvalue weighted by Gasteiger charge is 2.22. The van der Waals surface area contributed by atoms with Gasteiger partial charge in [0, 0.05) is 16.2 Å². The summed E-state index contributed by atoms with van der Waals surface area (Å²) in [6, 6.07) is 55.3. The minimum atomic E-state index is 0.820. The Morgan fingerprint density at radius 2 is 0.795 bits per heavy atom. The molecule has 0 spiro atoms. The van der Waals surface area contributed by atoms with Crippen LogP contribution in [0.15, 0.2) is 158 Å². The fourth-order valence-corrected chi connectivity index (χ4v) is 5.62. The molecule has 184 valence electrons. The molecule has 0 atom stereocenters. The lowest BCUT2D eigenvalue weighted by Crippen LogP contribution is -1.95. The van der Waals surface area contributed by atoms with Crippen LogP contribution in [0.2, 0.25) is 0 Å². The van der Waals surface area contributed by atoms with Gasteiger partial charge < -0.3 is 4.74 Å². The molecule has 0 aliphatic heterocycles. The van der Waals surface area contributed by atoms with Crippen molar-refractivity contribution in [1.82, 2.24) is 0 Å². The van der Waals surface area contributed by atoms with Gasteiger partial charge in [-0.2, -0.15) is 0 Å². The molecular weight excluding hydrogens is 472 g/mol. The first-order chi connectivity index (χ1) is 19.4. The van der Waals surface area contributed by atoms with Crippen LogP contribution in [-0.2, 0) is 0 Å². The molecule has 0 amide bonds. The Kier molecular flexibility index (Phi) is 5.88. The van der Waals surface area contributed by atoms with Crippen LogP contribution in [-0.4, -0.2) is 0 Å². The Balaban J connectivity index is 1.70. The Hall–Kier alpha value is -5.14. The van der Waals surface area contributed by atoms with Gasteiger partial charge in [0.15, 0.2) is 0 Å². The van der Waals surface area contributed by atoms with Gasteiger partial charge >= 0.3 is 0 Å². The smallest absolute Gasteiger partial charge is 0.143 e. The van der Waals surface area contributed by atoms with Crippen LogP contribution < -0.4 is 4.74 Å². The van der Waals surface area contributed by atoms with Crippen LogP contribution in [0.1, 0.15) is 0 Å². The Morgan fingerprint density at radius 1 is 0.333 bits per heavy atom. The summed E-state index contributed by atoms with van der Waals surface area (Å²) in [5.41, 5.74) is 7.11. The average molecular weight is 499 g/mol. The van der Waals surface area contributed by atoms with Gasteiger partial charge in [-0.25, -0.2) is 0 Å². The first-order valence-corrected chi connectivity index (χ1v) is 13.3. The molecule has 0 heterocycles. The van der Waals surface area contributed by atoms with Gasteiger partial charge in [0.05, 0.1) is 0 Å². The number of rotatable bonds is 5. The fraction of sp³-hybridized carbons (Fsp3) is 0. The Morgan fingerprint density at radius 3 is 1.36 bits per heavy atom. The van der Waals surface area contributed by atoms with E-state index in [1.54, 1.807) is 0 Å². The second-order valence-electron chi connectivity index (χ2n) is 9.67. The molecule has 1 nitrogen and oxygen atoms in total. The third-order valence-electron chi connectivity index (χ3n) is 7.32. The minimum Gasteiger partial charge on any atom is -0.456 e. The molecule has 7 aromatic rings. The zero-order valence-electron chi connectivity index (χ0n) is 21.4. The lowest BCUT2D eigenvalue weighted by atomic mass is 9.85. The normalized spacial score (nSPS) is 11.1. The van der Waals surface area contributed by atoms with Crippen molar-refractivity contribution in [3.8, 4) is 44.9 Å². The van der Waals surface area contributed by atoms with Gasteiger partial charge in [0.25, 0.3) is 0 Å². The van der Waals surface area contributed by atoms with Crippen molar-refractivity contribution in [3.63, 3.8) is 0 Å². The molecule has 0 saturated carbocycles. The molecule has 0 aliphatic rings. The highest BCUT2D eigenvalue weighted by molar-refractivity contribution is 6.23. The molecule has 1 heteroatoms. The van der Waals surface area contributed by atoms with Gasteiger partial charge in [-0.1, -0.05) is 146 Å². The molecule has 0 aliphatic carbocycles. The van der Waals surface area contributed by atoms with Gasteiger partial charge in [-0.3, -0.25) is 0 Å². The molecule has 0 unspecified atom stereocenters. The quantitative estimate of drug-likeness (QED) is 0.214. The van der Waals surface area contributed by atoms with Crippen molar-refractivity contribution < 1.29 is 4.74 Å². The molecule has 7 rings (SSSR count). The van der Waals surface area contributed by atoms with E-state index in [0.29, 0.717) is 0 Å². The van der Waals surface area contributed by atoms with Crippen LogP contribution in [0.5, 0.6) is 11.5 Å². The zero-order valence-corrected chi connectivity index (χ0v) is 21.4. The van der Waals surface area contributed by atoms with Crippen molar-refractivity contribution in [2.24, 2.45) is 0 Å². The summed E-state index contributed by atoms with van der Waals surface area (Å²) in [6.07, 6.45) is 0. The van der Waals surface area contributed by atoms with Crippen LogP contribution in [0.3, 0.4) is 0 Å². The molecular formula is C38H26O. The summed E-state index contributed by atoms with van der Waals surface area (Å²) in [4.78, 5) is 0. The van der Waals surface area contributed by atoms with E-state index in [1.807, 2.05) is 30.3 Å². The predicted octanol–water partition coefficient (Wildman–Crippen LogP) is 10.8. The van der Waals surface area contributed by atoms with E-state index in [1.165, 1.54) is 38.6 Å². The van der Waals surface area contributed by atoms with Crippen LogP contribution in [0.4, 0.5) is 0 Å². The summed E-state index contributed by atoms with van der Waals surface area (Å²) in [5, 5.41) is 4.57. The van der Waals surface area contributed by atoms with Crippen molar-refractivity contribution in [2.45, 2.75) is 0 Å². The Bertz CT molecular complexity index is 1890. The number of para-hydroxylation sites is 1. The van der Waals surface area contributed by atoms with Gasteiger partial charge in [-0.05, 0) is 50.9 Å². The Labute approximate surface area is 228 Å². The lowest BCUT2D eigenvalue weighted by molar-refractivity contribution is 0.494. The third kappa shape index (κ3) is 4.15. The van der Waals surface area contributed by atoms with Crippen LogP contribution in [0, 0.1) is 0 Å². The standard InChI is InChI=1S/C38H26O/c1-5-15-27(16-6-1)31-23-14-26-34-36(31)35(29-19-9-3-10-20-29)33-25-13-24-32(28-17-7-2-8-18-28)37(33)38(34)39-30-21-11-4-12-22-30/h1-26H. The molecule has 0 N–H and O–H groups in total. The SMILES string of the molecule is c1ccc(Oc2c3cccc(-c4ccccc4)c3c(-c3ccccc3)c3cccc(-c4ccccc4)c23)cc1. The van der Waals surface area contributed by atoms with Crippen molar-refractivity contribution in [2.75, 3.05) is 0 Å². The van der Waals surface area contributed by atoms with E-state index >= 15 is 0 Å². The zero-order chi connectivity index (χ0) is 26.0. The molecule has 0 radical (unpaired) electrons. The van der Waals surface area contributed by atoms with Crippen LogP contribution in [0.25, 0.3) is 54.9 Å². The molecule has 0 aromatic heterocycles. The van der Waals surface area contributed by atoms with Crippen molar-refractivity contribution in [1.29, 1.82) is 0 Å². The monoisotopic (exact) mass is 498 g/mol. The maximum atomic E-state index is 6.85. The first kappa shape index (κ1) is 23.0. The number of hydrogen-bond donors (Lipinski definition) is 0. The minimum absolute atomic E-state index is 0.820. The number of benzene rings is 7. The largest absolute Gasteiger partial charge is 0.456 e. The molecule has 39 heavy (non-hydrogen) atoms. The topological polar surface area (TPSA) is 9.23 Å². The molecule has 0 fully saturated rings. The third-order valence-corrected chi connectivity index (χ3v) is 7.32. The molecule has 7 aromatic carbocycles. The number of ether oxygens (including phenoxy) is 1.